The van der Waals surface area contributed by atoms with E-state index in [-0.39, 0.29) is 139 Å². The molecule has 8 rings (SSSR count). The maximum absolute atomic E-state index is 14.2. The highest BCUT2D eigenvalue weighted by molar-refractivity contribution is 6.32. The van der Waals surface area contributed by atoms with Crippen LogP contribution in [0.25, 0.3) is 0 Å². The van der Waals surface area contributed by atoms with Crippen LogP contribution in [0.3, 0.4) is 0 Å². The van der Waals surface area contributed by atoms with E-state index in [1.165, 1.54) is 53.1 Å². The summed E-state index contributed by atoms with van der Waals surface area (Å²) in [5, 5.41) is 20.2. The number of esters is 1. The van der Waals surface area contributed by atoms with Crippen LogP contribution in [0, 0.1) is 10.1 Å². The van der Waals surface area contributed by atoms with Gasteiger partial charge in [-0.15, -0.1) is 0 Å². The Morgan fingerprint density at radius 1 is 0.574 bits per heavy atom. The van der Waals surface area contributed by atoms with Gasteiger partial charge < -0.3 is 15.4 Å². The molecule has 0 spiro atoms. The average molecular weight is 1310 g/mol. The number of nitrogens with zero attached hydrogens (tertiary/aromatic N) is 8. The molecule has 3 atom stereocenters. The van der Waals surface area contributed by atoms with Gasteiger partial charge in [-0.25, -0.2) is 48.1 Å². The largest absolute Gasteiger partial charge is 0.456 e. The lowest BCUT2D eigenvalue weighted by atomic mass is 9.86. The van der Waals surface area contributed by atoms with Crippen molar-refractivity contribution in [3.8, 4) is 0 Å². The van der Waals surface area contributed by atoms with Crippen LogP contribution in [-0.2, 0) is 98.9 Å². The van der Waals surface area contributed by atoms with Gasteiger partial charge in [0.15, 0.2) is 0 Å². The van der Waals surface area contributed by atoms with Crippen LogP contribution < -0.4 is 27.7 Å². The van der Waals surface area contributed by atoms with Crippen LogP contribution in [0.2, 0.25) is 0 Å². The number of halogens is 1. The van der Waals surface area contributed by atoms with Crippen LogP contribution in [0.5, 0.6) is 0 Å². The van der Waals surface area contributed by atoms with Gasteiger partial charge in [0.25, 0.3) is 11.6 Å². The minimum absolute atomic E-state index is 0.0397. The van der Waals surface area contributed by atoms with Crippen LogP contribution in [0.4, 0.5) is 5.69 Å². The zero-order chi connectivity index (χ0) is 67.1. The number of hydrogen-bond donors (Lipinski definition) is 2. The fraction of sp³-hybridized carbons (Fsp3) is 0.373. The normalized spacial score (nSPS) is 14.5. The molecule has 1 aromatic heterocycles. The first-order valence-electron chi connectivity index (χ1n) is 31.0. The van der Waals surface area contributed by atoms with Crippen molar-refractivity contribution in [2.24, 2.45) is 0 Å². The Hall–Kier alpha value is -9.89. The lowest BCUT2D eigenvalue weighted by Crippen LogP contribution is -2.72. The third-order valence-corrected chi connectivity index (χ3v) is 16.1. The summed E-state index contributed by atoms with van der Waals surface area (Å²) in [7, 11) is 0. The van der Waals surface area contributed by atoms with Crippen molar-refractivity contribution in [3.05, 3.63) is 226 Å². The summed E-state index contributed by atoms with van der Waals surface area (Å²) in [5.74, 6) is -4.27. The molecule has 5 aromatic carbocycles. The number of ether oxygens (including phenoxy) is 1. The topological polar surface area (TPSA) is 303 Å². The number of amides is 6. The van der Waals surface area contributed by atoms with Gasteiger partial charge in [-0.1, -0.05) is 133 Å². The summed E-state index contributed by atoms with van der Waals surface area (Å²) < 4.78 is 8.39. The van der Waals surface area contributed by atoms with E-state index in [4.69, 9.17) is 30.9 Å². The summed E-state index contributed by atoms with van der Waals surface area (Å²) in [6.45, 7) is 2.60. The lowest BCUT2D eigenvalue weighted by Gasteiger charge is -2.50. The monoisotopic (exact) mass is 1310 g/mol. The van der Waals surface area contributed by atoms with E-state index in [9.17, 15) is 58.1 Å². The van der Waals surface area contributed by atoms with Crippen molar-refractivity contribution in [2.45, 2.75) is 142 Å². The molecule has 0 unspecified atom stereocenters. The third-order valence-electron chi connectivity index (χ3n) is 15.7. The number of fused-ring (bicyclic) bond motifs is 1. The molecule has 1 fully saturated rings. The summed E-state index contributed by atoms with van der Waals surface area (Å²) in [6.07, 6.45) is 1.14. The molecule has 6 aromatic rings. The van der Waals surface area contributed by atoms with Crippen molar-refractivity contribution in [1.29, 1.82) is 0 Å². The predicted molar refractivity (Wildman–Crippen MR) is 341 cm³/mol. The Morgan fingerprint density at radius 2 is 1.00 bits per heavy atom. The van der Waals surface area contributed by atoms with E-state index in [2.05, 4.69) is 10.6 Å². The number of aromatic nitrogens is 3. The molecule has 1 saturated heterocycles. The summed E-state index contributed by atoms with van der Waals surface area (Å²) in [5.41, 5.74) is 0.385. The number of hydrogen-bond acceptors (Lipinski definition) is 16. The molecular weight excluding hydrogens is 1240 g/mol. The molecule has 94 heavy (non-hydrogen) atoms. The number of nitro benzene ring substituents is 1. The quantitative estimate of drug-likeness (QED) is 0.0138. The van der Waals surface area contributed by atoms with Crippen LogP contribution in [0.15, 0.2) is 171 Å². The molecular formula is C67H75ClN10O16. The highest BCUT2D eigenvalue weighted by Crippen LogP contribution is 2.39. The third kappa shape index (κ3) is 19.3. The van der Waals surface area contributed by atoms with Gasteiger partial charge >= 0.3 is 23.0 Å². The number of unbranched alkanes of at least 4 members (excludes halogenated alkanes) is 3. The zero-order valence-electron chi connectivity index (χ0n) is 52.2. The minimum atomic E-state index is -1.34. The Balaban J connectivity index is 0.902. The maximum atomic E-state index is 14.2. The molecule has 2 aliphatic heterocycles. The highest BCUT2D eigenvalue weighted by Gasteiger charge is 2.54. The summed E-state index contributed by atoms with van der Waals surface area (Å²) in [4.78, 5) is 166. The van der Waals surface area contributed by atoms with E-state index in [0.717, 1.165) is 35.5 Å². The smallest absolute Gasteiger partial charge is 0.356 e. The second kappa shape index (κ2) is 34.7. The predicted octanol–water partition coefficient (Wildman–Crippen LogP) is 6.66. The van der Waals surface area contributed by atoms with E-state index in [0.29, 0.717) is 24.0 Å². The van der Waals surface area contributed by atoms with Crippen LogP contribution >= 0.6 is 11.6 Å². The molecule has 3 heterocycles. The van der Waals surface area contributed by atoms with Gasteiger partial charge in [-0.05, 0) is 91.3 Å². The Morgan fingerprint density at radius 3 is 1.45 bits per heavy atom. The van der Waals surface area contributed by atoms with Gasteiger partial charge in [0, 0.05) is 83.1 Å². The molecule has 0 bridgehead atoms. The van der Waals surface area contributed by atoms with Gasteiger partial charge in [0.2, 0.25) is 29.5 Å². The number of rotatable bonds is 35. The van der Waals surface area contributed by atoms with E-state index in [1.807, 2.05) is 66.7 Å². The molecule has 2 N–H and O–H groups in total. The molecule has 26 nitrogen and oxygen atoms in total. The second-order valence-electron chi connectivity index (χ2n) is 22.4. The number of carbonyl (C=O) groups is 7. The average Bonchev–Trinajstić information content (AvgIpc) is 0.736. The van der Waals surface area contributed by atoms with E-state index < -0.39 is 76.1 Å². The van der Waals surface area contributed by atoms with Gasteiger partial charge in [-0.3, -0.25) is 58.3 Å². The number of benzene rings is 5. The fourth-order valence-electron chi connectivity index (χ4n) is 10.6. The van der Waals surface area contributed by atoms with Gasteiger partial charge in [-0.2, -0.15) is 0 Å². The molecule has 0 aliphatic carbocycles. The second-order valence-corrected chi connectivity index (χ2v) is 22.9. The van der Waals surface area contributed by atoms with Crippen LogP contribution in [0.1, 0.15) is 112 Å². The number of hydroxylamine groups is 6. The first-order chi connectivity index (χ1) is 45.4. The van der Waals surface area contributed by atoms with E-state index >= 15 is 0 Å². The number of nitro groups is 1. The molecule has 2 aliphatic rings. The van der Waals surface area contributed by atoms with Crippen LogP contribution in [-0.4, -0.2) is 112 Å². The summed E-state index contributed by atoms with van der Waals surface area (Å²) >= 11 is 6.49. The maximum Gasteiger partial charge on any atom is 0.356 e. The van der Waals surface area contributed by atoms with Crippen molar-refractivity contribution in [3.63, 3.8) is 0 Å². The number of nitrogens with one attached hydrogen (secondary N) is 2. The van der Waals surface area contributed by atoms with Crippen molar-refractivity contribution in [1.82, 2.24) is 44.4 Å². The fourth-order valence-corrected chi connectivity index (χ4v) is 10.9. The number of non-ortho nitro benzene ring substituents is 1. The number of β-lactam (4-membered cyclic amide) rings is 1. The number of carbonyl (C=O) groups excluding carboxylic acids is 7. The molecule has 27 heteroatoms. The Kier molecular flexibility index (Phi) is 25.8. The van der Waals surface area contributed by atoms with E-state index in [1.54, 1.807) is 54.6 Å². The SMILES string of the molecule is CC(=O)N(CCCCn1c(=O)n(CCCCN(OCc2ccccc2)C(C)=O)c(=O)n(CCCCN(OCc2ccccc2)C(=O)CCC(=O)N[C@@H](C(=O)N[C@@H]2C(=O)N3C(C(=O)OCc4ccc([N+](=O)[O-])cc4)=C(Cl)CC[C@H]23)c2ccccc2)c1=O)OCc1ccccc1. The summed E-state index contributed by atoms with van der Waals surface area (Å²) in [6, 6.07) is 38.1. The molecule has 0 saturated carbocycles. The first kappa shape index (κ1) is 70.0. The van der Waals surface area contributed by atoms with Gasteiger partial charge in [0.05, 0.1) is 11.0 Å². The number of allylic oxidation sites excluding steroid dienone is 1. The zero-order valence-corrected chi connectivity index (χ0v) is 53.0. The highest BCUT2D eigenvalue weighted by atomic mass is 35.5. The van der Waals surface area contributed by atoms with Crippen molar-refractivity contribution < 1.29 is 57.7 Å². The van der Waals surface area contributed by atoms with Crippen molar-refractivity contribution >= 4 is 58.7 Å². The molecule has 0 radical (unpaired) electrons. The lowest BCUT2D eigenvalue weighted by molar-refractivity contribution is -0.384. The standard InChI is InChI=1S/C67H75ClN10O16/c1-47(79)74(92-44-49-21-7-3-8-22-49)40-18-15-37-71-65(86)72(38-16-19-41-75(48(2)80)93-45-50-23-9-4-10-24-50)67(88)73(66(71)87)39-17-20-42-76(94-46-51-25-11-5-12-26-51)58(82)36-35-57(81)69-59(53-27-13-6-14-28-53)62(83)70-60-56-34-33-55(68)61(77(56)63(60)84)64(85)91-43-52-29-31-54(32-30-52)78(89)90/h3-14,21-32,56,59-60H,15-20,33-46H2,1-2H3,(H,69,81)(H,70,83)/t56-,59-,60+/m1/s1. The van der Waals surface area contributed by atoms with Crippen molar-refractivity contribution in [2.75, 3.05) is 19.6 Å². The molecule has 496 valence electrons. The Labute approximate surface area is 546 Å². The van der Waals surface area contributed by atoms with Gasteiger partial charge in [0.1, 0.15) is 44.2 Å². The molecule has 6 amide bonds. The Bertz CT molecular complexity index is 3730. The minimum Gasteiger partial charge on any atom is -0.456 e. The first-order valence-corrected chi connectivity index (χ1v) is 31.3.